The maximum absolute atomic E-state index is 13.2. The first-order valence-electron chi connectivity index (χ1n) is 9.10. The number of nitrogens with two attached hydrogens (primary N) is 1. The average Bonchev–Trinajstić information content (AvgIpc) is 3.01. The second kappa shape index (κ2) is 9.07. The Balaban J connectivity index is 0.00000243. The molecule has 1 heterocycles. The van der Waals surface area contributed by atoms with Crippen molar-refractivity contribution in [3.8, 4) is 0 Å². The molecule has 2 fully saturated rings. The van der Waals surface area contributed by atoms with Gasteiger partial charge in [-0.2, -0.15) is 0 Å². The predicted molar refractivity (Wildman–Crippen MR) is 106 cm³/mol. The van der Waals surface area contributed by atoms with E-state index in [0.717, 1.165) is 25.7 Å². The van der Waals surface area contributed by atoms with Crippen molar-refractivity contribution in [3.05, 3.63) is 34.9 Å². The van der Waals surface area contributed by atoms with E-state index in [-0.39, 0.29) is 36.3 Å². The second-order valence-corrected chi connectivity index (χ2v) is 7.66. The van der Waals surface area contributed by atoms with Crippen molar-refractivity contribution >= 4 is 35.8 Å². The Labute approximate surface area is 166 Å². The van der Waals surface area contributed by atoms with Gasteiger partial charge in [0, 0.05) is 29.2 Å². The lowest BCUT2D eigenvalue weighted by atomic mass is 9.84. The summed E-state index contributed by atoms with van der Waals surface area (Å²) in [6, 6.07) is 6.55. The Hall–Kier alpha value is -1.30. The van der Waals surface area contributed by atoms with E-state index in [2.05, 4.69) is 5.32 Å². The summed E-state index contributed by atoms with van der Waals surface area (Å²) in [6.07, 6.45) is 5.09. The lowest BCUT2D eigenvalue weighted by Crippen LogP contribution is -2.52. The van der Waals surface area contributed by atoms with Crippen LogP contribution >= 0.6 is 24.0 Å². The van der Waals surface area contributed by atoms with Gasteiger partial charge in [0.25, 0.3) is 5.91 Å². The van der Waals surface area contributed by atoms with Gasteiger partial charge in [0.15, 0.2) is 0 Å². The van der Waals surface area contributed by atoms with Gasteiger partial charge in [0.2, 0.25) is 5.91 Å². The number of halogens is 2. The number of fused-ring (bicyclic) bond motifs is 1. The number of likely N-dealkylation sites (tertiary alicyclic amines) is 1. The van der Waals surface area contributed by atoms with Gasteiger partial charge in [0.05, 0.1) is 0 Å². The number of benzene rings is 1. The fraction of sp³-hybridized carbons (Fsp3) is 0.579. The molecule has 1 aliphatic heterocycles. The van der Waals surface area contributed by atoms with Gasteiger partial charge in [0.1, 0.15) is 6.04 Å². The highest BCUT2D eigenvalue weighted by Crippen LogP contribution is 2.40. The number of hydrogen-bond donors (Lipinski definition) is 2. The summed E-state index contributed by atoms with van der Waals surface area (Å²) in [4.78, 5) is 27.8. The molecule has 1 aromatic carbocycles. The van der Waals surface area contributed by atoms with Crippen LogP contribution in [0.4, 0.5) is 0 Å². The standard InChI is InChI=1S/C19H26ClN3O2.ClH/c1-12(11-21)22-18(24)17-10-14-4-2-3-5-16(14)23(17)19(25)13-6-8-15(20)9-7-13;/h6-9,12,14,16-17H,2-5,10-11,21H2,1H3,(H,22,24);1H/t12-,14?,16?,17?;/m0./s1. The minimum absolute atomic E-state index is 0. The van der Waals surface area contributed by atoms with Gasteiger partial charge < -0.3 is 16.0 Å². The van der Waals surface area contributed by atoms with Crippen molar-refractivity contribution in [1.29, 1.82) is 0 Å². The third kappa shape index (κ3) is 4.33. The van der Waals surface area contributed by atoms with Gasteiger partial charge in [-0.25, -0.2) is 0 Å². The van der Waals surface area contributed by atoms with Crippen LogP contribution in [0.2, 0.25) is 5.02 Å². The Morgan fingerprint density at radius 2 is 1.92 bits per heavy atom. The molecule has 2 amide bonds. The fourth-order valence-corrected chi connectivity index (χ4v) is 4.25. The zero-order valence-corrected chi connectivity index (χ0v) is 16.6. The van der Waals surface area contributed by atoms with Crippen molar-refractivity contribution < 1.29 is 9.59 Å². The van der Waals surface area contributed by atoms with E-state index in [0.29, 0.717) is 23.0 Å². The molecule has 5 nitrogen and oxygen atoms in total. The highest BCUT2D eigenvalue weighted by Gasteiger charge is 2.47. The smallest absolute Gasteiger partial charge is 0.254 e. The molecule has 3 unspecified atom stereocenters. The van der Waals surface area contributed by atoms with Gasteiger partial charge in [-0.3, -0.25) is 9.59 Å². The van der Waals surface area contributed by atoms with E-state index >= 15 is 0 Å². The lowest BCUT2D eigenvalue weighted by molar-refractivity contribution is -0.125. The summed E-state index contributed by atoms with van der Waals surface area (Å²) < 4.78 is 0. The van der Waals surface area contributed by atoms with Crippen molar-refractivity contribution in [1.82, 2.24) is 10.2 Å². The zero-order chi connectivity index (χ0) is 18.0. The van der Waals surface area contributed by atoms with Gasteiger partial charge in [-0.15, -0.1) is 12.4 Å². The minimum Gasteiger partial charge on any atom is -0.351 e. The maximum Gasteiger partial charge on any atom is 0.254 e. The zero-order valence-electron chi connectivity index (χ0n) is 15.0. The Morgan fingerprint density at radius 1 is 1.27 bits per heavy atom. The van der Waals surface area contributed by atoms with Crippen molar-refractivity contribution in [2.24, 2.45) is 11.7 Å². The van der Waals surface area contributed by atoms with E-state index in [1.807, 2.05) is 11.8 Å². The van der Waals surface area contributed by atoms with Crippen molar-refractivity contribution in [2.45, 2.75) is 57.2 Å². The molecule has 7 heteroatoms. The van der Waals surface area contributed by atoms with Crippen LogP contribution in [0.3, 0.4) is 0 Å². The number of amides is 2. The summed E-state index contributed by atoms with van der Waals surface area (Å²) in [5, 5.41) is 3.54. The van der Waals surface area contributed by atoms with Crippen molar-refractivity contribution in [3.63, 3.8) is 0 Å². The maximum atomic E-state index is 13.2. The average molecular weight is 400 g/mol. The first-order valence-corrected chi connectivity index (χ1v) is 9.47. The summed E-state index contributed by atoms with van der Waals surface area (Å²) >= 11 is 5.94. The van der Waals surface area contributed by atoms with E-state index in [1.54, 1.807) is 24.3 Å². The molecule has 0 aromatic heterocycles. The molecule has 4 atom stereocenters. The highest BCUT2D eigenvalue weighted by atomic mass is 35.5. The summed E-state index contributed by atoms with van der Waals surface area (Å²) in [6.45, 7) is 2.27. The molecule has 1 aromatic rings. The Kier molecular flexibility index (Phi) is 7.33. The minimum atomic E-state index is -0.412. The predicted octanol–water partition coefficient (Wildman–Crippen LogP) is 3.00. The van der Waals surface area contributed by atoms with Crippen LogP contribution < -0.4 is 11.1 Å². The number of carbonyl (C=O) groups excluding carboxylic acids is 2. The molecule has 1 saturated heterocycles. The largest absolute Gasteiger partial charge is 0.351 e. The molecule has 26 heavy (non-hydrogen) atoms. The molecule has 1 aliphatic carbocycles. The molecule has 3 N–H and O–H groups in total. The number of nitrogens with zero attached hydrogens (tertiary/aromatic N) is 1. The topological polar surface area (TPSA) is 75.4 Å². The SMILES string of the molecule is C[C@@H](CN)NC(=O)C1CC2CCCCC2N1C(=O)c1ccc(Cl)cc1.Cl. The number of rotatable bonds is 4. The van der Waals surface area contributed by atoms with E-state index < -0.39 is 6.04 Å². The van der Waals surface area contributed by atoms with Crippen LogP contribution in [0.25, 0.3) is 0 Å². The lowest BCUT2D eigenvalue weighted by Gasteiger charge is -2.34. The van der Waals surface area contributed by atoms with Gasteiger partial charge >= 0.3 is 0 Å². The summed E-state index contributed by atoms with van der Waals surface area (Å²) in [5.74, 6) is 0.246. The van der Waals surface area contributed by atoms with Crippen LogP contribution in [0.15, 0.2) is 24.3 Å². The third-order valence-electron chi connectivity index (χ3n) is 5.46. The van der Waals surface area contributed by atoms with E-state index in [4.69, 9.17) is 17.3 Å². The molecule has 3 rings (SSSR count). The first-order chi connectivity index (χ1) is 12.0. The summed E-state index contributed by atoms with van der Waals surface area (Å²) in [7, 11) is 0. The molecular weight excluding hydrogens is 373 g/mol. The molecule has 144 valence electrons. The molecule has 2 aliphatic rings. The van der Waals surface area contributed by atoms with Crippen molar-refractivity contribution in [2.75, 3.05) is 6.54 Å². The van der Waals surface area contributed by atoms with Crippen LogP contribution in [0, 0.1) is 5.92 Å². The first kappa shape index (κ1) is 21.0. The molecule has 0 bridgehead atoms. The molecular formula is C19H27Cl2N3O2. The normalized spacial score (nSPS) is 25.8. The van der Waals surface area contributed by atoms with E-state index in [9.17, 15) is 9.59 Å². The van der Waals surface area contributed by atoms with Crippen LogP contribution in [-0.2, 0) is 4.79 Å². The second-order valence-electron chi connectivity index (χ2n) is 7.23. The number of nitrogens with one attached hydrogen (secondary N) is 1. The Bertz CT molecular complexity index is 638. The number of hydrogen-bond acceptors (Lipinski definition) is 3. The summed E-state index contributed by atoms with van der Waals surface area (Å²) in [5.41, 5.74) is 6.21. The highest BCUT2D eigenvalue weighted by molar-refractivity contribution is 6.30. The monoisotopic (exact) mass is 399 g/mol. The molecule has 1 saturated carbocycles. The van der Waals surface area contributed by atoms with Gasteiger partial charge in [-0.05, 0) is 56.4 Å². The van der Waals surface area contributed by atoms with E-state index in [1.165, 1.54) is 6.42 Å². The Morgan fingerprint density at radius 3 is 2.58 bits per heavy atom. The molecule has 0 spiro atoms. The fourth-order valence-electron chi connectivity index (χ4n) is 4.13. The third-order valence-corrected chi connectivity index (χ3v) is 5.71. The van der Waals surface area contributed by atoms with Crippen LogP contribution in [0.5, 0.6) is 0 Å². The number of carbonyl (C=O) groups is 2. The quantitative estimate of drug-likeness (QED) is 0.816. The van der Waals surface area contributed by atoms with Gasteiger partial charge in [-0.1, -0.05) is 24.4 Å². The molecule has 0 radical (unpaired) electrons. The van der Waals surface area contributed by atoms with Crippen LogP contribution in [0.1, 0.15) is 49.4 Å². The van der Waals surface area contributed by atoms with Crippen LogP contribution in [-0.4, -0.2) is 41.4 Å².